The first-order chi connectivity index (χ1) is 11.2. The molecule has 2 rings (SSSR count). The van der Waals surface area contributed by atoms with Crippen LogP contribution in [0.25, 0.3) is 0 Å². The Balaban J connectivity index is 1.80. The number of amides is 1. The van der Waals surface area contributed by atoms with Gasteiger partial charge in [-0.15, -0.1) is 0 Å². The van der Waals surface area contributed by atoms with Crippen molar-refractivity contribution >= 4 is 27.5 Å². The Kier molecular flexibility index (Phi) is 7.03. The van der Waals surface area contributed by atoms with Crippen molar-refractivity contribution in [1.82, 2.24) is 4.98 Å². The van der Waals surface area contributed by atoms with Gasteiger partial charge in [0.1, 0.15) is 6.61 Å². The lowest BCUT2D eigenvalue weighted by Crippen LogP contribution is -2.13. The van der Waals surface area contributed by atoms with E-state index >= 15 is 0 Å². The molecule has 0 saturated carbocycles. The lowest BCUT2D eigenvalue weighted by Gasteiger charge is -2.08. The van der Waals surface area contributed by atoms with Gasteiger partial charge in [-0.1, -0.05) is 34.1 Å². The lowest BCUT2D eigenvalue weighted by molar-refractivity contribution is -0.116. The number of pyridine rings is 1. The minimum absolute atomic E-state index is 0.0457. The summed E-state index contributed by atoms with van der Waals surface area (Å²) in [5, 5.41) is 2.83. The maximum Gasteiger partial charge on any atom is 0.224 e. The number of hydrogen-bond acceptors (Lipinski definition) is 4. The molecule has 0 spiro atoms. The van der Waals surface area contributed by atoms with E-state index in [1.165, 1.54) is 0 Å². The third-order valence-electron chi connectivity index (χ3n) is 3.14. The van der Waals surface area contributed by atoms with Gasteiger partial charge in [0, 0.05) is 24.1 Å². The number of carbonyl (C=O) groups excluding carboxylic acids is 1. The van der Waals surface area contributed by atoms with Crippen molar-refractivity contribution in [2.75, 3.05) is 25.6 Å². The summed E-state index contributed by atoms with van der Waals surface area (Å²) in [5.41, 5.74) is 1.77. The van der Waals surface area contributed by atoms with E-state index in [9.17, 15) is 4.79 Å². The van der Waals surface area contributed by atoms with Gasteiger partial charge >= 0.3 is 0 Å². The standard InChI is InChI=1S/C17H19BrN2O3/c1-22-10-11-23-17-9-7-14(12-19-17)20-16(21)8-6-13-4-2-3-5-15(13)18/h2-5,7,9,12H,6,8,10-11H2,1H3,(H,20,21). The third kappa shape index (κ3) is 6.00. The summed E-state index contributed by atoms with van der Waals surface area (Å²) in [4.78, 5) is 16.1. The second-order valence-corrected chi connectivity index (χ2v) is 5.72. The summed E-state index contributed by atoms with van der Waals surface area (Å²) in [6.07, 6.45) is 2.67. The van der Waals surface area contributed by atoms with Crippen LogP contribution in [-0.2, 0) is 16.0 Å². The lowest BCUT2D eigenvalue weighted by atomic mass is 10.1. The maximum absolute atomic E-state index is 12.0. The summed E-state index contributed by atoms with van der Waals surface area (Å²) >= 11 is 3.48. The largest absolute Gasteiger partial charge is 0.475 e. The molecule has 2 aromatic rings. The number of nitrogens with zero attached hydrogens (tertiary/aromatic N) is 1. The molecule has 1 amide bonds. The highest BCUT2D eigenvalue weighted by Crippen LogP contribution is 2.18. The zero-order valence-electron chi connectivity index (χ0n) is 12.9. The Morgan fingerprint density at radius 1 is 1.22 bits per heavy atom. The second kappa shape index (κ2) is 9.27. The van der Waals surface area contributed by atoms with E-state index < -0.39 is 0 Å². The van der Waals surface area contributed by atoms with Gasteiger partial charge in [0.25, 0.3) is 0 Å². The van der Waals surface area contributed by atoms with Gasteiger partial charge in [0.15, 0.2) is 0 Å². The van der Waals surface area contributed by atoms with Crippen LogP contribution in [0, 0.1) is 0 Å². The summed E-state index contributed by atoms with van der Waals surface area (Å²) in [7, 11) is 1.61. The molecule has 122 valence electrons. The zero-order valence-corrected chi connectivity index (χ0v) is 14.5. The smallest absolute Gasteiger partial charge is 0.224 e. The fraction of sp³-hybridized carbons (Fsp3) is 0.294. The van der Waals surface area contributed by atoms with Gasteiger partial charge in [0.2, 0.25) is 11.8 Å². The van der Waals surface area contributed by atoms with Gasteiger partial charge in [-0.2, -0.15) is 0 Å². The van der Waals surface area contributed by atoms with E-state index in [4.69, 9.17) is 9.47 Å². The van der Waals surface area contributed by atoms with Crippen molar-refractivity contribution in [2.45, 2.75) is 12.8 Å². The first-order valence-electron chi connectivity index (χ1n) is 7.30. The molecular weight excluding hydrogens is 360 g/mol. The first-order valence-corrected chi connectivity index (χ1v) is 8.09. The number of aryl methyl sites for hydroxylation is 1. The van der Waals surface area contributed by atoms with Crippen molar-refractivity contribution in [3.63, 3.8) is 0 Å². The van der Waals surface area contributed by atoms with Crippen LogP contribution >= 0.6 is 15.9 Å². The number of ether oxygens (including phenoxy) is 2. The van der Waals surface area contributed by atoms with Crippen LogP contribution in [0.5, 0.6) is 5.88 Å². The summed E-state index contributed by atoms with van der Waals surface area (Å²) in [6.45, 7) is 0.955. The number of nitrogens with one attached hydrogen (secondary N) is 1. The number of benzene rings is 1. The average Bonchev–Trinajstić information content (AvgIpc) is 2.56. The number of methoxy groups -OCH3 is 1. The maximum atomic E-state index is 12.0. The molecule has 23 heavy (non-hydrogen) atoms. The minimum atomic E-state index is -0.0457. The van der Waals surface area contributed by atoms with Crippen LogP contribution in [0.1, 0.15) is 12.0 Å². The predicted octanol–water partition coefficient (Wildman–Crippen LogP) is 3.44. The summed E-state index contributed by atoms with van der Waals surface area (Å²) in [6, 6.07) is 11.4. The summed E-state index contributed by atoms with van der Waals surface area (Å²) in [5.74, 6) is 0.462. The van der Waals surface area contributed by atoms with Crippen molar-refractivity contribution in [1.29, 1.82) is 0 Å². The highest BCUT2D eigenvalue weighted by molar-refractivity contribution is 9.10. The van der Waals surface area contributed by atoms with E-state index in [1.807, 2.05) is 24.3 Å². The van der Waals surface area contributed by atoms with E-state index in [1.54, 1.807) is 25.4 Å². The summed E-state index contributed by atoms with van der Waals surface area (Å²) < 4.78 is 11.3. The molecule has 1 aromatic carbocycles. The number of carbonyl (C=O) groups is 1. The number of anilines is 1. The Bertz CT molecular complexity index is 632. The molecule has 0 fully saturated rings. The first kappa shape index (κ1) is 17.4. The molecule has 0 atom stereocenters. The van der Waals surface area contributed by atoms with Crippen LogP contribution in [0.3, 0.4) is 0 Å². The molecule has 0 unspecified atom stereocenters. The van der Waals surface area contributed by atoms with Gasteiger partial charge in [-0.3, -0.25) is 4.79 Å². The highest BCUT2D eigenvalue weighted by Gasteiger charge is 2.06. The topological polar surface area (TPSA) is 60.5 Å². The zero-order chi connectivity index (χ0) is 16.5. The molecule has 5 nitrogen and oxygen atoms in total. The van der Waals surface area contributed by atoms with Crippen molar-refractivity contribution in [3.8, 4) is 5.88 Å². The van der Waals surface area contributed by atoms with Crippen LogP contribution in [0.15, 0.2) is 47.1 Å². The van der Waals surface area contributed by atoms with E-state index in [0.717, 1.165) is 10.0 Å². The molecule has 0 aliphatic carbocycles. The Morgan fingerprint density at radius 3 is 2.74 bits per heavy atom. The Morgan fingerprint density at radius 2 is 2.04 bits per heavy atom. The van der Waals surface area contributed by atoms with E-state index in [0.29, 0.717) is 37.6 Å². The minimum Gasteiger partial charge on any atom is -0.475 e. The van der Waals surface area contributed by atoms with Crippen LogP contribution in [0.2, 0.25) is 0 Å². The normalized spacial score (nSPS) is 10.3. The van der Waals surface area contributed by atoms with Crippen LogP contribution in [-0.4, -0.2) is 31.2 Å². The molecule has 0 aliphatic heterocycles. The predicted molar refractivity (Wildman–Crippen MR) is 92.7 cm³/mol. The SMILES string of the molecule is COCCOc1ccc(NC(=O)CCc2ccccc2Br)cn1. The monoisotopic (exact) mass is 378 g/mol. The van der Waals surface area contributed by atoms with E-state index in [-0.39, 0.29) is 5.91 Å². The Hall–Kier alpha value is -1.92. The molecule has 0 radical (unpaired) electrons. The van der Waals surface area contributed by atoms with Crippen molar-refractivity contribution in [3.05, 3.63) is 52.6 Å². The molecule has 1 heterocycles. The molecule has 0 aliphatic rings. The molecule has 0 bridgehead atoms. The van der Waals surface area contributed by atoms with Crippen molar-refractivity contribution < 1.29 is 14.3 Å². The second-order valence-electron chi connectivity index (χ2n) is 4.87. The van der Waals surface area contributed by atoms with Gasteiger partial charge in [-0.05, 0) is 24.1 Å². The average molecular weight is 379 g/mol. The number of aromatic nitrogens is 1. The van der Waals surface area contributed by atoms with Gasteiger partial charge in [-0.25, -0.2) is 4.98 Å². The quantitative estimate of drug-likeness (QED) is 0.714. The molecule has 1 aromatic heterocycles. The van der Waals surface area contributed by atoms with Crippen molar-refractivity contribution in [2.24, 2.45) is 0 Å². The Labute approximate surface area is 144 Å². The molecule has 1 N–H and O–H groups in total. The van der Waals surface area contributed by atoms with Crippen LogP contribution < -0.4 is 10.1 Å². The molecule has 0 saturated heterocycles. The third-order valence-corrected chi connectivity index (χ3v) is 3.91. The molecular formula is C17H19BrN2O3. The number of hydrogen-bond donors (Lipinski definition) is 1. The number of halogens is 1. The number of rotatable bonds is 8. The van der Waals surface area contributed by atoms with Gasteiger partial charge in [0.05, 0.1) is 18.5 Å². The van der Waals surface area contributed by atoms with E-state index in [2.05, 4.69) is 26.2 Å². The fourth-order valence-electron chi connectivity index (χ4n) is 1.94. The fourth-order valence-corrected chi connectivity index (χ4v) is 2.43. The highest BCUT2D eigenvalue weighted by atomic mass is 79.9. The van der Waals surface area contributed by atoms with Gasteiger partial charge < -0.3 is 14.8 Å². The van der Waals surface area contributed by atoms with Crippen LogP contribution in [0.4, 0.5) is 5.69 Å². The molecule has 6 heteroatoms.